The van der Waals surface area contributed by atoms with E-state index < -0.39 is 0 Å². The largest absolute Gasteiger partial charge is 0.342 e. The van der Waals surface area contributed by atoms with Gasteiger partial charge >= 0.3 is 0 Å². The van der Waals surface area contributed by atoms with E-state index in [1.165, 1.54) is 0 Å². The Labute approximate surface area is 93.0 Å². The predicted molar refractivity (Wildman–Crippen MR) is 61.4 cm³/mol. The van der Waals surface area contributed by atoms with Crippen LogP contribution in [0.25, 0.3) is 0 Å². The molecule has 1 aliphatic heterocycles. The highest BCUT2D eigenvalue weighted by Gasteiger charge is 2.62. The van der Waals surface area contributed by atoms with Gasteiger partial charge in [0.05, 0.1) is 0 Å². The van der Waals surface area contributed by atoms with Crippen molar-refractivity contribution in [3.8, 4) is 0 Å². The van der Waals surface area contributed by atoms with Crippen LogP contribution in [-0.2, 0) is 4.79 Å². The maximum Gasteiger partial charge on any atom is 0.223 e. The molecule has 2 atom stereocenters. The number of piperidine rings is 1. The molecule has 0 N–H and O–H groups in total. The van der Waals surface area contributed by atoms with Crippen LogP contribution in [0.2, 0.25) is 0 Å². The van der Waals surface area contributed by atoms with Gasteiger partial charge in [-0.05, 0) is 22.7 Å². The molecule has 1 amide bonds. The summed E-state index contributed by atoms with van der Waals surface area (Å²) in [5.74, 6) is 1.91. The molecule has 2 nitrogen and oxygen atoms in total. The number of rotatable bonds is 1. The minimum atomic E-state index is 0.124. The number of likely N-dealkylation sites (tertiary alicyclic amines) is 1. The molecule has 1 aliphatic carbocycles. The minimum absolute atomic E-state index is 0.124. The summed E-state index contributed by atoms with van der Waals surface area (Å²) in [5.41, 5.74) is 0.637. The van der Waals surface area contributed by atoms with Gasteiger partial charge in [0.2, 0.25) is 5.91 Å². The van der Waals surface area contributed by atoms with Crippen molar-refractivity contribution >= 4 is 5.91 Å². The molecule has 0 aromatic rings. The summed E-state index contributed by atoms with van der Waals surface area (Å²) in [6.45, 7) is 13.1. The molecule has 0 bridgehead atoms. The van der Waals surface area contributed by atoms with E-state index >= 15 is 0 Å². The van der Waals surface area contributed by atoms with Gasteiger partial charge in [-0.25, -0.2) is 0 Å². The molecule has 2 heteroatoms. The average Bonchev–Trinajstić information content (AvgIpc) is 2.47. The first-order valence-electron chi connectivity index (χ1n) is 5.99. The molecular formula is C13H23NO. The van der Waals surface area contributed by atoms with Crippen molar-refractivity contribution in [3.63, 3.8) is 0 Å². The monoisotopic (exact) mass is 209 g/mol. The van der Waals surface area contributed by atoms with Crippen molar-refractivity contribution in [3.05, 3.63) is 0 Å². The molecule has 0 unspecified atom stereocenters. The minimum Gasteiger partial charge on any atom is -0.342 e. The van der Waals surface area contributed by atoms with Crippen molar-refractivity contribution in [2.75, 3.05) is 13.1 Å². The van der Waals surface area contributed by atoms with Crippen molar-refractivity contribution in [2.24, 2.45) is 22.7 Å². The number of carbonyl (C=O) groups excluding carboxylic acids is 1. The fraction of sp³-hybridized carbons (Fsp3) is 0.923. The molecule has 0 aromatic carbocycles. The summed E-state index contributed by atoms with van der Waals surface area (Å²) in [4.78, 5) is 14.0. The first kappa shape index (κ1) is 11.0. The van der Waals surface area contributed by atoms with Crippen molar-refractivity contribution in [1.29, 1.82) is 0 Å². The fourth-order valence-electron chi connectivity index (χ4n) is 2.90. The third-order valence-electron chi connectivity index (χ3n) is 4.16. The van der Waals surface area contributed by atoms with Crippen LogP contribution in [-0.4, -0.2) is 23.9 Å². The van der Waals surface area contributed by atoms with E-state index in [0.717, 1.165) is 24.9 Å². The average molecular weight is 209 g/mol. The van der Waals surface area contributed by atoms with Crippen LogP contribution in [0.5, 0.6) is 0 Å². The van der Waals surface area contributed by atoms with Crippen LogP contribution in [0.4, 0.5) is 0 Å². The Morgan fingerprint density at radius 3 is 2.13 bits per heavy atom. The molecule has 2 fully saturated rings. The van der Waals surface area contributed by atoms with E-state index in [-0.39, 0.29) is 5.41 Å². The van der Waals surface area contributed by atoms with Gasteiger partial charge in [0.1, 0.15) is 0 Å². The zero-order valence-corrected chi connectivity index (χ0v) is 10.6. The summed E-state index contributed by atoms with van der Waals surface area (Å²) in [5, 5.41) is 0. The molecule has 1 saturated carbocycles. The van der Waals surface area contributed by atoms with E-state index in [2.05, 4.69) is 39.5 Å². The maximum atomic E-state index is 12.0. The number of nitrogens with zero attached hydrogens (tertiary/aromatic N) is 1. The van der Waals surface area contributed by atoms with Crippen LogP contribution in [0.3, 0.4) is 0 Å². The Hall–Kier alpha value is -0.530. The topological polar surface area (TPSA) is 20.3 Å². The Bertz CT molecular complexity index is 273. The van der Waals surface area contributed by atoms with Gasteiger partial charge in [-0.15, -0.1) is 0 Å². The van der Waals surface area contributed by atoms with Crippen molar-refractivity contribution in [1.82, 2.24) is 4.90 Å². The third kappa shape index (κ3) is 1.91. The lowest BCUT2D eigenvalue weighted by atomic mass is 9.91. The maximum absolute atomic E-state index is 12.0. The molecule has 0 aromatic heterocycles. The van der Waals surface area contributed by atoms with Crippen LogP contribution < -0.4 is 0 Å². The molecule has 1 heterocycles. The summed E-state index contributed by atoms with van der Waals surface area (Å²) < 4.78 is 0. The quantitative estimate of drug-likeness (QED) is 0.650. The zero-order valence-electron chi connectivity index (χ0n) is 10.6. The third-order valence-corrected chi connectivity index (χ3v) is 4.16. The number of hydrogen-bond donors (Lipinski definition) is 0. The lowest BCUT2D eigenvalue weighted by Crippen LogP contribution is -2.35. The summed E-state index contributed by atoms with van der Waals surface area (Å²) in [6.07, 6.45) is 0.687. The normalized spacial score (nSPS) is 32.7. The van der Waals surface area contributed by atoms with Gasteiger partial charge in [-0.2, -0.15) is 0 Å². The molecule has 2 rings (SSSR count). The van der Waals surface area contributed by atoms with E-state index in [9.17, 15) is 4.79 Å². The molecule has 86 valence electrons. The van der Waals surface area contributed by atoms with Crippen LogP contribution in [0.15, 0.2) is 0 Å². The SMILES string of the molecule is CC(C)(C)CC(=O)N1C[C@@H]2[C@H](C1)C2(C)C. The highest BCUT2D eigenvalue weighted by Crippen LogP contribution is 2.62. The molecular weight excluding hydrogens is 186 g/mol. The highest BCUT2D eigenvalue weighted by atomic mass is 16.2. The number of carbonyl (C=O) groups is 1. The summed E-state index contributed by atoms with van der Waals surface area (Å²) >= 11 is 0. The van der Waals surface area contributed by atoms with E-state index in [0.29, 0.717) is 17.7 Å². The van der Waals surface area contributed by atoms with Crippen LogP contribution in [0.1, 0.15) is 41.0 Å². The van der Waals surface area contributed by atoms with Gasteiger partial charge in [-0.3, -0.25) is 4.79 Å². The second-order valence-corrected chi connectivity index (χ2v) is 7.07. The first-order valence-corrected chi connectivity index (χ1v) is 5.99. The Balaban J connectivity index is 1.87. The standard InChI is InChI=1S/C13H23NO/c1-12(2,3)6-11(15)14-7-9-10(8-14)13(9,4)5/h9-10H,6-8H2,1-5H3/t9-,10+. The van der Waals surface area contributed by atoms with E-state index in [4.69, 9.17) is 0 Å². The van der Waals surface area contributed by atoms with Crippen LogP contribution >= 0.6 is 0 Å². The molecule has 0 radical (unpaired) electrons. The van der Waals surface area contributed by atoms with E-state index in [1.54, 1.807) is 0 Å². The lowest BCUT2D eigenvalue weighted by Gasteiger charge is -2.26. The Morgan fingerprint density at radius 2 is 1.73 bits per heavy atom. The molecule has 0 spiro atoms. The first-order chi connectivity index (χ1) is 6.72. The lowest BCUT2D eigenvalue weighted by molar-refractivity contribution is -0.132. The summed E-state index contributed by atoms with van der Waals surface area (Å²) in [6, 6.07) is 0. The van der Waals surface area contributed by atoms with Crippen molar-refractivity contribution in [2.45, 2.75) is 41.0 Å². The van der Waals surface area contributed by atoms with Crippen LogP contribution in [0, 0.1) is 22.7 Å². The summed E-state index contributed by atoms with van der Waals surface area (Å²) in [7, 11) is 0. The second-order valence-electron chi connectivity index (χ2n) is 7.07. The molecule has 2 aliphatic rings. The Kier molecular flexibility index (Phi) is 2.19. The zero-order chi connectivity index (χ0) is 11.4. The van der Waals surface area contributed by atoms with Crippen molar-refractivity contribution < 1.29 is 4.79 Å². The van der Waals surface area contributed by atoms with Gasteiger partial charge < -0.3 is 4.90 Å². The number of fused-ring (bicyclic) bond motifs is 1. The van der Waals surface area contributed by atoms with E-state index in [1.807, 2.05) is 0 Å². The number of hydrogen-bond acceptors (Lipinski definition) is 1. The van der Waals surface area contributed by atoms with Gasteiger partial charge in [-0.1, -0.05) is 34.6 Å². The van der Waals surface area contributed by atoms with Gasteiger partial charge in [0.25, 0.3) is 0 Å². The smallest absolute Gasteiger partial charge is 0.223 e. The molecule has 1 saturated heterocycles. The highest BCUT2D eigenvalue weighted by molar-refractivity contribution is 5.77. The Morgan fingerprint density at radius 1 is 1.27 bits per heavy atom. The van der Waals surface area contributed by atoms with Gasteiger partial charge in [0.15, 0.2) is 0 Å². The number of amides is 1. The molecule has 15 heavy (non-hydrogen) atoms. The fourth-order valence-corrected chi connectivity index (χ4v) is 2.90. The van der Waals surface area contributed by atoms with Gasteiger partial charge in [0, 0.05) is 19.5 Å². The second kappa shape index (κ2) is 2.99. The predicted octanol–water partition coefficient (Wildman–Crippen LogP) is 2.54.